The van der Waals surface area contributed by atoms with Crippen molar-refractivity contribution in [3.8, 4) is 0 Å². The SMILES string of the molecule is COC(=O)C(C)c1cccc2c1CC1OC21. The molecule has 0 saturated carbocycles. The van der Waals surface area contributed by atoms with Crippen LogP contribution >= 0.6 is 0 Å². The fourth-order valence-corrected chi connectivity index (χ4v) is 2.61. The molecule has 16 heavy (non-hydrogen) atoms. The average Bonchev–Trinajstić information content (AvgIpc) is 2.99. The molecule has 1 aromatic rings. The third-order valence-electron chi connectivity index (χ3n) is 3.56. The lowest BCUT2D eigenvalue weighted by molar-refractivity contribution is -0.142. The van der Waals surface area contributed by atoms with E-state index in [1.54, 1.807) is 0 Å². The quantitative estimate of drug-likeness (QED) is 0.562. The lowest BCUT2D eigenvalue weighted by Crippen LogP contribution is -2.13. The molecule has 3 unspecified atom stereocenters. The van der Waals surface area contributed by atoms with Gasteiger partial charge in [0, 0.05) is 6.42 Å². The smallest absolute Gasteiger partial charge is 0.312 e. The minimum Gasteiger partial charge on any atom is -0.469 e. The van der Waals surface area contributed by atoms with E-state index in [0.29, 0.717) is 12.2 Å². The van der Waals surface area contributed by atoms with Crippen LogP contribution in [0.5, 0.6) is 0 Å². The van der Waals surface area contributed by atoms with Crippen LogP contribution in [0.15, 0.2) is 18.2 Å². The van der Waals surface area contributed by atoms with Crippen LogP contribution < -0.4 is 0 Å². The predicted octanol–water partition coefficient (Wildman–Crippen LogP) is 1.96. The molecule has 0 spiro atoms. The van der Waals surface area contributed by atoms with E-state index >= 15 is 0 Å². The molecular weight excluding hydrogens is 204 g/mol. The molecule has 0 bridgehead atoms. The van der Waals surface area contributed by atoms with Crippen LogP contribution in [-0.2, 0) is 20.7 Å². The van der Waals surface area contributed by atoms with Crippen LogP contribution in [0.4, 0.5) is 0 Å². The zero-order chi connectivity index (χ0) is 11.3. The number of benzene rings is 1. The van der Waals surface area contributed by atoms with E-state index in [4.69, 9.17) is 9.47 Å². The van der Waals surface area contributed by atoms with Crippen molar-refractivity contribution in [2.24, 2.45) is 0 Å². The molecule has 1 aliphatic heterocycles. The van der Waals surface area contributed by atoms with E-state index in [2.05, 4.69) is 6.07 Å². The summed E-state index contributed by atoms with van der Waals surface area (Å²) in [7, 11) is 1.43. The van der Waals surface area contributed by atoms with Crippen LogP contribution in [0, 0.1) is 0 Å². The zero-order valence-electron chi connectivity index (χ0n) is 9.40. The van der Waals surface area contributed by atoms with E-state index in [9.17, 15) is 4.79 Å². The van der Waals surface area contributed by atoms with Crippen molar-refractivity contribution in [3.63, 3.8) is 0 Å². The molecule has 3 rings (SSSR count). The highest BCUT2D eigenvalue weighted by Crippen LogP contribution is 2.50. The molecule has 0 aromatic heterocycles. The van der Waals surface area contributed by atoms with Gasteiger partial charge in [-0.25, -0.2) is 0 Å². The van der Waals surface area contributed by atoms with Crippen LogP contribution in [0.1, 0.15) is 35.6 Å². The average molecular weight is 218 g/mol. The van der Waals surface area contributed by atoms with E-state index in [1.807, 2.05) is 19.1 Å². The molecule has 2 aliphatic rings. The normalized spacial score (nSPS) is 26.9. The van der Waals surface area contributed by atoms with Crippen molar-refractivity contribution in [2.45, 2.75) is 31.5 Å². The number of rotatable bonds is 2. The molecule has 1 fully saturated rings. The Kier molecular flexibility index (Phi) is 2.04. The molecule has 0 amide bonds. The summed E-state index contributed by atoms with van der Waals surface area (Å²) < 4.78 is 10.3. The summed E-state index contributed by atoms with van der Waals surface area (Å²) in [6, 6.07) is 6.11. The monoisotopic (exact) mass is 218 g/mol. The Morgan fingerprint density at radius 2 is 2.38 bits per heavy atom. The Labute approximate surface area is 94.4 Å². The second-order valence-electron chi connectivity index (χ2n) is 4.46. The van der Waals surface area contributed by atoms with Crippen molar-refractivity contribution >= 4 is 5.97 Å². The second-order valence-corrected chi connectivity index (χ2v) is 4.46. The maximum Gasteiger partial charge on any atom is 0.312 e. The maximum atomic E-state index is 11.6. The van der Waals surface area contributed by atoms with Crippen molar-refractivity contribution in [2.75, 3.05) is 7.11 Å². The third-order valence-corrected chi connectivity index (χ3v) is 3.56. The van der Waals surface area contributed by atoms with Crippen LogP contribution in [-0.4, -0.2) is 19.2 Å². The number of carbonyl (C=O) groups excluding carboxylic acids is 1. The fourth-order valence-electron chi connectivity index (χ4n) is 2.61. The summed E-state index contributed by atoms with van der Waals surface area (Å²) in [4.78, 5) is 11.6. The third kappa shape index (κ3) is 1.28. The largest absolute Gasteiger partial charge is 0.469 e. The predicted molar refractivity (Wildman–Crippen MR) is 58.2 cm³/mol. The summed E-state index contributed by atoms with van der Waals surface area (Å²) >= 11 is 0. The minimum atomic E-state index is -0.183. The lowest BCUT2D eigenvalue weighted by Gasteiger charge is -2.15. The Morgan fingerprint density at radius 1 is 1.56 bits per heavy atom. The summed E-state index contributed by atoms with van der Waals surface area (Å²) in [6.07, 6.45) is 1.60. The van der Waals surface area contributed by atoms with Gasteiger partial charge in [-0.2, -0.15) is 0 Å². The molecule has 3 atom stereocenters. The molecule has 3 nitrogen and oxygen atoms in total. The van der Waals surface area contributed by atoms with Gasteiger partial charge >= 0.3 is 5.97 Å². The van der Waals surface area contributed by atoms with Gasteiger partial charge in [-0.3, -0.25) is 4.79 Å². The number of hydrogen-bond donors (Lipinski definition) is 0. The Balaban J connectivity index is 1.99. The van der Waals surface area contributed by atoms with Gasteiger partial charge in [0.1, 0.15) is 6.10 Å². The number of fused-ring (bicyclic) bond motifs is 3. The van der Waals surface area contributed by atoms with Crippen LogP contribution in [0.3, 0.4) is 0 Å². The molecule has 0 radical (unpaired) electrons. The van der Waals surface area contributed by atoms with E-state index < -0.39 is 0 Å². The Hall–Kier alpha value is -1.35. The van der Waals surface area contributed by atoms with Crippen molar-refractivity contribution in [1.29, 1.82) is 0 Å². The first-order chi connectivity index (χ1) is 7.72. The van der Waals surface area contributed by atoms with Crippen molar-refractivity contribution < 1.29 is 14.3 Å². The van der Waals surface area contributed by atoms with Crippen LogP contribution in [0.25, 0.3) is 0 Å². The topological polar surface area (TPSA) is 38.8 Å². The number of methoxy groups -OCH3 is 1. The number of hydrogen-bond acceptors (Lipinski definition) is 3. The highest BCUT2D eigenvalue weighted by molar-refractivity contribution is 5.78. The molecule has 84 valence electrons. The van der Waals surface area contributed by atoms with Crippen LogP contribution in [0.2, 0.25) is 0 Å². The van der Waals surface area contributed by atoms with Gasteiger partial charge in [-0.15, -0.1) is 0 Å². The van der Waals surface area contributed by atoms with Gasteiger partial charge in [0.25, 0.3) is 0 Å². The van der Waals surface area contributed by atoms with E-state index in [0.717, 1.165) is 12.0 Å². The molecule has 1 aromatic carbocycles. The van der Waals surface area contributed by atoms with Crippen molar-refractivity contribution in [3.05, 3.63) is 34.9 Å². The summed E-state index contributed by atoms with van der Waals surface area (Å²) in [5.74, 6) is -0.354. The zero-order valence-corrected chi connectivity index (χ0v) is 9.40. The molecule has 3 heteroatoms. The van der Waals surface area contributed by atoms with Gasteiger partial charge in [0.05, 0.1) is 19.1 Å². The fraction of sp³-hybridized carbons (Fsp3) is 0.462. The second kappa shape index (κ2) is 3.32. The lowest BCUT2D eigenvalue weighted by atomic mass is 9.93. The number of esters is 1. The van der Waals surface area contributed by atoms with E-state index in [1.165, 1.54) is 18.2 Å². The molecule has 1 aliphatic carbocycles. The van der Waals surface area contributed by atoms with E-state index in [-0.39, 0.29) is 11.9 Å². The maximum absolute atomic E-state index is 11.6. The van der Waals surface area contributed by atoms with Gasteiger partial charge in [0.15, 0.2) is 0 Å². The molecular formula is C13H14O3. The number of ether oxygens (including phenoxy) is 2. The first-order valence-corrected chi connectivity index (χ1v) is 5.57. The van der Waals surface area contributed by atoms with Gasteiger partial charge in [0.2, 0.25) is 0 Å². The first-order valence-electron chi connectivity index (χ1n) is 5.57. The van der Waals surface area contributed by atoms with Gasteiger partial charge in [-0.1, -0.05) is 18.2 Å². The Bertz CT molecular complexity index is 452. The molecule has 1 heterocycles. The Morgan fingerprint density at radius 3 is 3.12 bits per heavy atom. The molecule has 1 saturated heterocycles. The van der Waals surface area contributed by atoms with Crippen molar-refractivity contribution in [1.82, 2.24) is 0 Å². The summed E-state index contributed by atoms with van der Waals surface area (Å²) in [5.41, 5.74) is 3.65. The molecule has 0 N–H and O–H groups in total. The number of carbonyl (C=O) groups is 1. The highest BCUT2D eigenvalue weighted by Gasteiger charge is 2.48. The minimum absolute atomic E-state index is 0.171. The highest BCUT2D eigenvalue weighted by atomic mass is 16.6. The van der Waals surface area contributed by atoms with Gasteiger partial charge < -0.3 is 9.47 Å². The standard InChI is InChI=1S/C13H14O3/c1-7(13(14)15-2)8-4-3-5-9-10(8)6-11-12(9)16-11/h3-5,7,11-12H,6H2,1-2H3. The first kappa shape index (κ1) is 9.85. The van der Waals surface area contributed by atoms with Gasteiger partial charge in [-0.05, 0) is 23.6 Å². The summed E-state index contributed by atoms with van der Waals surface area (Å²) in [5, 5.41) is 0. The summed E-state index contributed by atoms with van der Waals surface area (Å²) in [6.45, 7) is 1.90. The number of epoxide rings is 1.